The molecule has 1 N–H and O–H groups in total. The van der Waals surface area contributed by atoms with Gasteiger partial charge in [-0.15, -0.1) is 11.3 Å². The Hall–Kier alpha value is -2.75. The first-order chi connectivity index (χ1) is 13.3. The maximum atomic E-state index is 12.6. The van der Waals surface area contributed by atoms with Gasteiger partial charge in [-0.05, 0) is 33.3 Å². The Kier molecular flexibility index (Phi) is 7.27. The average molecular weight is 408 g/mol. The predicted octanol–water partition coefficient (Wildman–Crippen LogP) is 0.603. The lowest BCUT2D eigenvalue weighted by Gasteiger charge is -2.20. The van der Waals surface area contributed by atoms with Crippen molar-refractivity contribution in [3.8, 4) is 0 Å². The van der Waals surface area contributed by atoms with E-state index in [9.17, 15) is 19.2 Å². The smallest absolute Gasteiger partial charge is 0.326 e. The number of fused-ring (bicyclic) bond motifs is 1. The minimum Gasteiger partial charge on any atom is -0.454 e. The van der Waals surface area contributed by atoms with Gasteiger partial charge in [0.2, 0.25) is 5.91 Å². The molecular formula is C18H24N4O5S. The number of rotatable bonds is 8. The minimum absolute atomic E-state index is 0.0996. The molecule has 2 heterocycles. The largest absolute Gasteiger partial charge is 0.454 e. The zero-order valence-electron chi connectivity index (χ0n) is 16.4. The Morgan fingerprint density at radius 3 is 2.64 bits per heavy atom. The Morgan fingerprint density at radius 1 is 1.29 bits per heavy atom. The summed E-state index contributed by atoms with van der Waals surface area (Å²) in [5.41, 5.74) is 0.529. The van der Waals surface area contributed by atoms with Crippen LogP contribution in [0.15, 0.2) is 11.1 Å². The fourth-order valence-corrected chi connectivity index (χ4v) is 3.59. The normalized spacial score (nSPS) is 10.7. The summed E-state index contributed by atoms with van der Waals surface area (Å²) in [5, 5.41) is 3.10. The van der Waals surface area contributed by atoms with Crippen LogP contribution in [0.4, 0.5) is 0 Å². The van der Waals surface area contributed by atoms with Gasteiger partial charge in [0.15, 0.2) is 6.61 Å². The fourth-order valence-electron chi connectivity index (χ4n) is 2.60. The van der Waals surface area contributed by atoms with Gasteiger partial charge in [-0.1, -0.05) is 0 Å². The van der Waals surface area contributed by atoms with Gasteiger partial charge in [-0.25, -0.2) is 4.98 Å². The Balaban J connectivity index is 1.98. The van der Waals surface area contributed by atoms with Crippen LogP contribution in [-0.4, -0.2) is 58.5 Å². The van der Waals surface area contributed by atoms with E-state index in [1.54, 1.807) is 13.8 Å². The van der Waals surface area contributed by atoms with Crippen LogP contribution in [0.25, 0.3) is 10.2 Å². The van der Waals surface area contributed by atoms with Gasteiger partial charge in [-0.3, -0.25) is 23.7 Å². The second-order valence-electron chi connectivity index (χ2n) is 6.16. The standard InChI is InChI=1S/C18H24N4O5S/c1-5-19-13(23)7-21(6-2)14(24)9-27-15(25)8-22-10-20-17-16(18(22)26)11(3)12(4)28-17/h10H,5-9H2,1-4H3,(H,19,23). The van der Waals surface area contributed by atoms with Gasteiger partial charge in [0, 0.05) is 18.0 Å². The Labute approximate surface area is 166 Å². The van der Waals surface area contributed by atoms with Gasteiger partial charge in [0.1, 0.15) is 11.4 Å². The van der Waals surface area contributed by atoms with E-state index in [1.807, 2.05) is 13.8 Å². The zero-order valence-corrected chi connectivity index (χ0v) is 17.2. The molecule has 0 saturated carbocycles. The van der Waals surface area contributed by atoms with Crippen molar-refractivity contribution in [2.75, 3.05) is 26.2 Å². The summed E-state index contributed by atoms with van der Waals surface area (Å²) >= 11 is 1.43. The van der Waals surface area contributed by atoms with Crippen LogP contribution in [0.2, 0.25) is 0 Å². The summed E-state index contributed by atoms with van der Waals surface area (Å²) in [5.74, 6) is -1.49. The number of aryl methyl sites for hydroxylation is 2. The van der Waals surface area contributed by atoms with E-state index in [-0.39, 0.29) is 24.6 Å². The molecule has 28 heavy (non-hydrogen) atoms. The maximum absolute atomic E-state index is 12.6. The van der Waals surface area contributed by atoms with Crippen molar-refractivity contribution < 1.29 is 19.1 Å². The van der Waals surface area contributed by atoms with E-state index >= 15 is 0 Å². The van der Waals surface area contributed by atoms with E-state index in [4.69, 9.17) is 4.74 Å². The monoisotopic (exact) mass is 408 g/mol. The lowest BCUT2D eigenvalue weighted by atomic mass is 10.2. The summed E-state index contributed by atoms with van der Waals surface area (Å²) in [6, 6.07) is 0. The zero-order chi connectivity index (χ0) is 20.8. The number of ether oxygens (including phenoxy) is 1. The molecule has 2 amide bonds. The van der Waals surface area contributed by atoms with Crippen LogP contribution in [0, 0.1) is 13.8 Å². The lowest BCUT2D eigenvalue weighted by molar-refractivity contribution is -0.153. The van der Waals surface area contributed by atoms with Gasteiger partial charge in [0.05, 0.1) is 18.3 Å². The Bertz CT molecular complexity index is 949. The molecule has 0 aliphatic carbocycles. The molecule has 152 valence electrons. The molecule has 9 nitrogen and oxygen atoms in total. The topological polar surface area (TPSA) is 111 Å². The summed E-state index contributed by atoms with van der Waals surface area (Å²) in [7, 11) is 0. The molecule has 0 aliphatic rings. The summed E-state index contributed by atoms with van der Waals surface area (Å²) in [4.78, 5) is 55.5. The number of thiophene rings is 1. The van der Waals surface area contributed by atoms with E-state index in [2.05, 4.69) is 10.3 Å². The Morgan fingerprint density at radius 2 is 2.00 bits per heavy atom. The first-order valence-electron chi connectivity index (χ1n) is 8.93. The van der Waals surface area contributed by atoms with E-state index in [0.29, 0.717) is 23.3 Å². The van der Waals surface area contributed by atoms with Crippen molar-refractivity contribution in [3.05, 3.63) is 27.1 Å². The molecule has 2 rings (SSSR count). The van der Waals surface area contributed by atoms with Crippen molar-refractivity contribution in [1.29, 1.82) is 0 Å². The molecule has 0 aromatic carbocycles. The molecule has 0 bridgehead atoms. The van der Waals surface area contributed by atoms with E-state index < -0.39 is 18.5 Å². The molecular weight excluding hydrogens is 384 g/mol. The highest BCUT2D eigenvalue weighted by molar-refractivity contribution is 7.18. The van der Waals surface area contributed by atoms with Crippen LogP contribution in [0.5, 0.6) is 0 Å². The third kappa shape index (κ3) is 4.94. The molecule has 0 atom stereocenters. The molecule has 0 fully saturated rings. The molecule has 0 spiro atoms. The van der Waals surface area contributed by atoms with E-state index in [0.717, 1.165) is 10.4 Å². The molecule has 0 unspecified atom stereocenters. The minimum atomic E-state index is -0.727. The van der Waals surface area contributed by atoms with Gasteiger partial charge in [-0.2, -0.15) is 0 Å². The van der Waals surface area contributed by atoms with Crippen LogP contribution < -0.4 is 10.9 Å². The number of likely N-dealkylation sites (N-methyl/N-ethyl adjacent to an activating group) is 2. The molecule has 0 saturated heterocycles. The molecule has 0 aliphatic heterocycles. The van der Waals surface area contributed by atoms with Crippen LogP contribution in [0.3, 0.4) is 0 Å². The van der Waals surface area contributed by atoms with Gasteiger partial charge >= 0.3 is 5.97 Å². The molecule has 10 heteroatoms. The number of hydrogen-bond donors (Lipinski definition) is 1. The van der Waals surface area contributed by atoms with Crippen LogP contribution >= 0.6 is 11.3 Å². The first kappa shape index (κ1) is 21.5. The van der Waals surface area contributed by atoms with Gasteiger partial charge in [0.25, 0.3) is 11.5 Å². The molecule has 2 aromatic heterocycles. The second-order valence-corrected chi connectivity index (χ2v) is 7.37. The number of carbonyl (C=O) groups excluding carboxylic acids is 3. The summed E-state index contributed by atoms with van der Waals surface area (Å²) < 4.78 is 6.16. The number of hydrogen-bond acceptors (Lipinski definition) is 7. The lowest BCUT2D eigenvalue weighted by Crippen LogP contribution is -2.42. The third-order valence-corrected chi connectivity index (χ3v) is 5.37. The highest BCUT2D eigenvalue weighted by Gasteiger charge is 2.18. The highest BCUT2D eigenvalue weighted by Crippen LogP contribution is 2.25. The van der Waals surface area contributed by atoms with Crippen LogP contribution in [-0.2, 0) is 25.7 Å². The number of esters is 1. The summed E-state index contributed by atoms with van der Waals surface area (Å²) in [6.07, 6.45) is 1.30. The molecule has 2 aromatic rings. The SMILES string of the molecule is CCNC(=O)CN(CC)C(=O)COC(=O)Cn1cnc2sc(C)c(C)c2c1=O. The predicted molar refractivity (Wildman–Crippen MR) is 105 cm³/mol. The van der Waals surface area contributed by atoms with Crippen molar-refractivity contribution >= 4 is 39.3 Å². The summed E-state index contributed by atoms with van der Waals surface area (Å²) in [6.45, 7) is 7.10. The fraction of sp³-hybridized carbons (Fsp3) is 0.500. The van der Waals surface area contributed by atoms with Crippen molar-refractivity contribution in [1.82, 2.24) is 19.8 Å². The number of amides is 2. The third-order valence-electron chi connectivity index (χ3n) is 4.25. The van der Waals surface area contributed by atoms with Gasteiger partial charge < -0.3 is 15.0 Å². The highest BCUT2D eigenvalue weighted by atomic mass is 32.1. The number of aromatic nitrogens is 2. The first-order valence-corrected chi connectivity index (χ1v) is 9.75. The van der Waals surface area contributed by atoms with Crippen molar-refractivity contribution in [2.45, 2.75) is 34.2 Å². The number of nitrogens with zero attached hydrogens (tertiary/aromatic N) is 3. The second kappa shape index (κ2) is 9.45. The number of carbonyl (C=O) groups is 3. The van der Waals surface area contributed by atoms with Crippen molar-refractivity contribution in [2.24, 2.45) is 0 Å². The average Bonchev–Trinajstić information content (AvgIpc) is 2.95. The van der Waals surface area contributed by atoms with Crippen molar-refractivity contribution in [3.63, 3.8) is 0 Å². The van der Waals surface area contributed by atoms with E-state index in [1.165, 1.54) is 27.1 Å². The molecule has 0 radical (unpaired) electrons. The van der Waals surface area contributed by atoms with Crippen LogP contribution in [0.1, 0.15) is 24.3 Å². The number of nitrogens with one attached hydrogen (secondary N) is 1. The quantitative estimate of drug-likeness (QED) is 0.641. The maximum Gasteiger partial charge on any atom is 0.326 e.